The summed E-state index contributed by atoms with van der Waals surface area (Å²) in [6.45, 7) is 6.11. The molecule has 3 unspecified atom stereocenters. The second kappa shape index (κ2) is 3.62. The largest absolute Gasteiger partial charge is 0.269 e. The molecule has 0 radical (unpaired) electrons. The van der Waals surface area contributed by atoms with Crippen molar-refractivity contribution in [3.05, 3.63) is 12.2 Å². The number of hydrogen-bond acceptors (Lipinski definition) is 3. The molecule has 2 saturated carbocycles. The molecule has 3 fully saturated rings. The van der Waals surface area contributed by atoms with Gasteiger partial charge in [0.2, 0.25) is 10.0 Å². The van der Waals surface area contributed by atoms with Gasteiger partial charge in [0.25, 0.3) is 5.91 Å². The van der Waals surface area contributed by atoms with Crippen LogP contribution in [0.25, 0.3) is 0 Å². The van der Waals surface area contributed by atoms with Gasteiger partial charge in [0.15, 0.2) is 0 Å². The van der Waals surface area contributed by atoms with Crippen molar-refractivity contribution in [2.45, 2.75) is 46.1 Å². The first-order valence-electron chi connectivity index (χ1n) is 6.95. The van der Waals surface area contributed by atoms with Crippen LogP contribution >= 0.6 is 0 Å². The molecule has 3 atom stereocenters. The van der Waals surface area contributed by atoms with E-state index in [-0.39, 0.29) is 28.5 Å². The SMILES string of the molecule is C/C=C/C(=O)N1C2CC3CCC2(CS1(=O)=O)C3(C)C. The maximum atomic E-state index is 12.4. The van der Waals surface area contributed by atoms with Crippen LogP contribution in [0.5, 0.6) is 0 Å². The van der Waals surface area contributed by atoms with E-state index in [0.717, 1.165) is 19.3 Å². The number of sulfonamides is 1. The van der Waals surface area contributed by atoms with E-state index < -0.39 is 10.0 Å². The van der Waals surface area contributed by atoms with Crippen molar-refractivity contribution in [3.8, 4) is 0 Å². The van der Waals surface area contributed by atoms with Crippen LogP contribution in [-0.4, -0.2) is 30.4 Å². The fourth-order valence-electron chi connectivity index (χ4n) is 4.80. The predicted octanol–water partition coefficient (Wildman–Crippen LogP) is 1.93. The number of carbonyl (C=O) groups is 1. The van der Waals surface area contributed by atoms with Gasteiger partial charge in [-0.1, -0.05) is 19.9 Å². The zero-order valence-electron chi connectivity index (χ0n) is 11.7. The third-order valence-corrected chi connectivity index (χ3v) is 7.85. The number of carbonyl (C=O) groups excluding carboxylic acids is 1. The lowest BCUT2D eigenvalue weighted by Crippen LogP contribution is -2.43. The molecule has 3 rings (SSSR count). The van der Waals surface area contributed by atoms with Gasteiger partial charge in [0.1, 0.15) is 0 Å². The maximum Gasteiger partial charge on any atom is 0.259 e. The van der Waals surface area contributed by atoms with Crippen molar-refractivity contribution in [2.24, 2.45) is 16.7 Å². The average Bonchev–Trinajstić information content (AvgIpc) is 2.75. The fraction of sp³-hybridized carbons (Fsp3) is 0.786. The molecular formula is C14H21NO3S. The van der Waals surface area contributed by atoms with Crippen molar-refractivity contribution in [2.75, 3.05) is 5.75 Å². The van der Waals surface area contributed by atoms with Gasteiger partial charge in [-0.05, 0) is 43.6 Å². The summed E-state index contributed by atoms with van der Waals surface area (Å²) < 4.78 is 26.1. The van der Waals surface area contributed by atoms with Crippen LogP contribution in [0.1, 0.15) is 40.0 Å². The normalized spacial score (nSPS) is 41.9. The van der Waals surface area contributed by atoms with E-state index in [9.17, 15) is 13.2 Å². The number of hydrogen-bond donors (Lipinski definition) is 0. The van der Waals surface area contributed by atoms with Crippen LogP contribution in [0, 0.1) is 16.7 Å². The highest BCUT2D eigenvalue weighted by molar-refractivity contribution is 7.90. The highest BCUT2D eigenvalue weighted by Crippen LogP contribution is 2.69. The number of rotatable bonds is 1. The Labute approximate surface area is 114 Å². The van der Waals surface area contributed by atoms with Gasteiger partial charge in [-0.15, -0.1) is 0 Å². The summed E-state index contributed by atoms with van der Waals surface area (Å²) in [7, 11) is -3.45. The molecule has 0 N–H and O–H groups in total. The van der Waals surface area contributed by atoms with Crippen molar-refractivity contribution in [1.29, 1.82) is 0 Å². The summed E-state index contributed by atoms with van der Waals surface area (Å²) in [6.07, 6.45) is 5.87. The van der Waals surface area contributed by atoms with E-state index >= 15 is 0 Å². The quantitative estimate of drug-likeness (QED) is 0.691. The lowest BCUT2D eigenvalue weighted by atomic mass is 9.69. The molecule has 5 heteroatoms. The molecule has 1 amide bonds. The minimum absolute atomic E-state index is 0.0235. The van der Waals surface area contributed by atoms with E-state index in [1.54, 1.807) is 13.0 Å². The van der Waals surface area contributed by atoms with Crippen LogP contribution in [0.15, 0.2) is 12.2 Å². The minimum Gasteiger partial charge on any atom is -0.269 e. The third kappa shape index (κ3) is 1.40. The number of nitrogens with zero attached hydrogens (tertiary/aromatic N) is 1. The molecule has 19 heavy (non-hydrogen) atoms. The molecule has 1 spiro atoms. The summed E-state index contributed by atoms with van der Waals surface area (Å²) >= 11 is 0. The molecule has 2 aliphatic carbocycles. The first kappa shape index (κ1) is 13.2. The fourth-order valence-corrected chi connectivity index (χ4v) is 7.30. The topological polar surface area (TPSA) is 54.5 Å². The van der Waals surface area contributed by atoms with Gasteiger partial charge in [-0.2, -0.15) is 0 Å². The molecule has 1 heterocycles. The molecule has 3 aliphatic rings. The first-order chi connectivity index (χ1) is 8.76. The molecule has 1 saturated heterocycles. The second-order valence-electron chi connectivity index (χ2n) is 6.76. The van der Waals surface area contributed by atoms with Crippen LogP contribution < -0.4 is 0 Å². The van der Waals surface area contributed by atoms with E-state index in [0.29, 0.717) is 5.92 Å². The van der Waals surface area contributed by atoms with Gasteiger partial charge < -0.3 is 0 Å². The first-order valence-corrected chi connectivity index (χ1v) is 8.56. The Morgan fingerprint density at radius 2 is 2.05 bits per heavy atom. The smallest absolute Gasteiger partial charge is 0.259 e. The van der Waals surface area contributed by atoms with Crippen LogP contribution in [-0.2, 0) is 14.8 Å². The summed E-state index contributed by atoms with van der Waals surface area (Å²) in [5.74, 6) is 0.332. The van der Waals surface area contributed by atoms with Gasteiger partial charge in [0.05, 0.1) is 11.8 Å². The number of allylic oxidation sites excluding steroid dienone is 1. The van der Waals surface area contributed by atoms with Gasteiger partial charge in [-0.3, -0.25) is 4.79 Å². The van der Waals surface area contributed by atoms with Crippen molar-refractivity contribution in [1.82, 2.24) is 4.31 Å². The summed E-state index contributed by atoms with van der Waals surface area (Å²) in [5.41, 5.74) is -0.191. The monoisotopic (exact) mass is 283 g/mol. The predicted molar refractivity (Wildman–Crippen MR) is 72.8 cm³/mol. The third-order valence-electron chi connectivity index (χ3n) is 5.94. The Morgan fingerprint density at radius 3 is 2.63 bits per heavy atom. The average molecular weight is 283 g/mol. The molecule has 2 bridgehead atoms. The van der Waals surface area contributed by atoms with Crippen molar-refractivity contribution >= 4 is 15.9 Å². The molecule has 1 aliphatic heterocycles. The van der Waals surface area contributed by atoms with Crippen molar-refractivity contribution in [3.63, 3.8) is 0 Å². The lowest BCUT2D eigenvalue weighted by Gasteiger charge is -2.36. The Kier molecular flexibility index (Phi) is 2.51. The highest BCUT2D eigenvalue weighted by atomic mass is 32.2. The number of fused-ring (bicyclic) bond motifs is 1. The van der Waals surface area contributed by atoms with E-state index in [1.165, 1.54) is 10.4 Å². The Morgan fingerprint density at radius 1 is 1.37 bits per heavy atom. The van der Waals surface area contributed by atoms with Crippen LogP contribution in [0.2, 0.25) is 0 Å². The molecule has 4 nitrogen and oxygen atoms in total. The summed E-state index contributed by atoms with van der Waals surface area (Å²) in [4.78, 5) is 12.1. The Hall–Kier alpha value is -0.840. The van der Waals surface area contributed by atoms with Crippen LogP contribution in [0.3, 0.4) is 0 Å². The van der Waals surface area contributed by atoms with E-state index in [1.807, 2.05) is 0 Å². The highest BCUT2D eigenvalue weighted by Gasteiger charge is 2.72. The van der Waals surface area contributed by atoms with Crippen molar-refractivity contribution < 1.29 is 13.2 Å². The zero-order chi connectivity index (χ0) is 14.1. The Bertz CT molecular complexity index is 563. The summed E-state index contributed by atoms with van der Waals surface area (Å²) in [6, 6.07) is -0.116. The van der Waals surface area contributed by atoms with Gasteiger partial charge in [0, 0.05) is 5.41 Å². The van der Waals surface area contributed by atoms with Crippen LogP contribution in [0.4, 0.5) is 0 Å². The summed E-state index contributed by atoms with van der Waals surface area (Å²) in [5, 5.41) is 0. The molecule has 0 aromatic carbocycles. The van der Waals surface area contributed by atoms with E-state index in [4.69, 9.17) is 0 Å². The van der Waals surface area contributed by atoms with Gasteiger partial charge in [-0.25, -0.2) is 12.7 Å². The van der Waals surface area contributed by atoms with Gasteiger partial charge >= 0.3 is 0 Å². The maximum absolute atomic E-state index is 12.4. The Balaban J connectivity index is 2.09. The zero-order valence-corrected chi connectivity index (χ0v) is 12.5. The minimum atomic E-state index is -3.45. The second-order valence-corrected chi connectivity index (χ2v) is 8.60. The molecule has 106 valence electrons. The molecule has 0 aromatic rings. The lowest BCUT2D eigenvalue weighted by molar-refractivity contribution is -0.124. The molecule has 0 aromatic heterocycles. The standard InChI is InChI=1S/C14H21NO3S/c1-4-5-12(16)15-11-8-10-6-7-14(11,13(10,2)3)9-19(15,17)18/h4-5,10-11H,6-9H2,1-3H3/b5-4+. The molecular weight excluding hydrogens is 262 g/mol. The number of amides is 1. The van der Waals surface area contributed by atoms with E-state index in [2.05, 4.69) is 13.8 Å².